The molecule has 0 atom stereocenters. The summed E-state index contributed by atoms with van der Waals surface area (Å²) >= 11 is 1.31. The first-order valence-electron chi connectivity index (χ1n) is 5.39. The van der Waals surface area contributed by atoms with Crippen LogP contribution in [0.15, 0.2) is 0 Å². The Labute approximate surface area is 100.0 Å². The third kappa shape index (κ3) is 2.99. The van der Waals surface area contributed by atoms with Gasteiger partial charge in [-0.25, -0.2) is 0 Å². The Morgan fingerprint density at radius 3 is 2.81 bits per heavy atom. The maximum atomic E-state index is 9.04. The predicted octanol–water partition coefficient (Wildman–Crippen LogP) is 1.33. The smallest absolute Gasteiger partial charge is 0.197 e. The fraction of sp³-hybridized carbons (Fsp3) is 0.700. The van der Waals surface area contributed by atoms with Gasteiger partial charge in [-0.3, -0.25) is 0 Å². The van der Waals surface area contributed by atoms with Gasteiger partial charge >= 0.3 is 0 Å². The highest BCUT2D eigenvalue weighted by atomic mass is 32.1. The second-order valence-corrected chi connectivity index (χ2v) is 4.22. The number of methoxy groups -OCH3 is 1. The van der Waals surface area contributed by atoms with Crippen molar-refractivity contribution in [3.63, 3.8) is 0 Å². The third-order valence-corrected chi connectivity index (χ3v) is 3.20. The van der Waals surface area contributed by atoms with Crippen molar-refractivity contribution >= 4 is 22.4 Å². The lowest BCUT2D eigenvalue weighted by atomic mass is 10.3. The summed E-state index contributed by atoms with van der Waals surface area (Å²) in [5, 5.41) is 9.94. The highest BCUT2D eigenvalue weighted by molar-refractivity contribution is 7.11. The molecule has 1 heterocycles. The van der Waals surface area contributed by atoms with Crippen molar-refractivity contribution in [2.75, 3.05) is 37.4 Å². The van der Waals surface area contributed by atoms with Gasteiger partial charge in [-0.15, -0.1) is 0 Å². The zero-order chi connectivity index (χ0) is 12.0. The average molecular weight is 245 g/mol. The Morgan fingerprint density at radius 1 is 1.50 bits per heavy atom. The summed E-state index contributed by atoms with van der Waals surface area (Å²) < 4.78 is 9.29. The van der Waals surface area contributed by atoms with E-state index in [0.717, 1.165) is 24.4 Å². The number of rotatable bonds is 7. The van der Waals surface area contributed by atoms with Crippen LogP contribution in [0.2, 0.25) is 0 Å². The molecule has 0 unspecified atom stereocenters. The quantitative estimate of drug-likeness (QED) is 0.758. The number of unbranched alkanes of at least 4 members (excludes halogenated alkanes) is 1. The second kappa shape index (κ2) is 6.55. The maximum Gasteiger partial charge on any atom is 0.197 e. The van der Waals surface area contributed by atoms with Crippen LogP contribution in [0.5, 0.6) is 5.75 Å². The van der Waals surface area contributed by atoms with Crippen molar-refractivity contribution in [3.8, 4) is 5.75 Å². The Balaban J connectivity index is 2.82. The molecule has 0 spiro atoms. The van der Waals surface area contributed by atoms with Gasteiger partial charge in [-0.05, 0) is 18.0 Å². The van der Waals surface area contributed by atoms with E-state index < -0.39 is 0 Å². The van der Waals surface area contributed by atoms with Gasteiger partial charge in [0.15, 0.2) is 16.6 Å². The lowest BCUT2D eigenvalue weighted by Crippen LogP contribution is -2.27. The fourth-order valence-corrected chi connectivity index (χ4v) is 2.30. The summed E-state index contributed by atoms with van der Waals surface area (Å²) in [6.45, 7) is 3.72. The van der Waals surface area contributed by atoms with Crippen LogP contribution in [0.25, 0.3) is 0 Å². The lowest BCUT2D eigenvalue weighted by Gasteiger charge is -2.22. The Kier molecular flexibility index (Phi) is 5.34. The second-order valence-electron chi connectivity index (χ2n) is 3.47. The number of hydrogen-bond donors (Lipinski definition) is 2. The first-order chi connectivity index (χ1) is 7.74. The molecule has 1 aromatic rings. The normalized spacial score (nSPS) is 10.4. The molecule has 6 heteroatoms. The number of hydrogen-bond acceptors (Lipinski definition) is 6. The fourth-order valence-electron chi connectivity index (χ4n) is 1.46. The molecule has 0 bridgehead atoms. The molecule has 0 aliphatic carbocycles. The predicted molar refractivity (Wildman–Crippen MR) is 67.3 cm³/mol. The van der Waals surface area contributed by atoms with Crippen molar-refractivity contribution in [1.82, 2.24) is 4.37 Å². The van der Waals surface area contributed by atoms with Gasteiger partial charge in [-0.2, -0.15) is 4.37 Å². The van der Waals surface area contributed by atoms with E-state index in [0.29, 0.717) is 18.1 Å². The molecule has 0 radical (unpaired) electrons. The summed E-state index contributed by atoms with van der Waals surface area (Å²) in [6.07, 6.45) is 2.18. The Bertz CT molecular complexity index is 317. The molecule has 0 fully saturated rings. The number of aliphatic hydroxyl groups is 1. The minimum absolute atomic E-state index is 0.116. The SMILES string of the molecule is CCCCN(CCO)c1snc(N)c1OC. The monoisotopic (exact) mass is 245 g/mol. The Hall–Kier alpha value is -1.01. The molecule has 1 rings (SSSR count). The van der Waals surface area contributed by atoms with Gasteiger partial charge in [0, 0.05) is 13.1 Å². The largest absolute Gasteiger partial charge is 0.490 e. The summed E-state index contributed by atoms with van der Waals surface area (Å²) in [5.41, 5.74) is 5.70. The molecule has 0 aromatic carbocycles. The van der Waals surface area contributed by atoms with Gasteiger partial charge in [0.1, 0.15) is 0 Å². The minimum Gasteiger partial charge on any atom is -0.490 e. The lowest BCUT2D eigenvalue weighted by molar-refractivity contribution is 0.301. The van der Waals surface area contributed by atoms with Gasteiger partial charge in [0.05, 0.1) is 13.7 Å². The van der Waals surface area contributed by atoms with Crippen LogP contribution in [-0.2, 0) is 0 Å². The van der Waals surface area contributed by atoms with Gasteiger partial charge in [-0.1, -0.05) is 13.3 Å². The Morgan fingerprint density at radius 2 is 2.25 bits per heavy atom. The van der Waals surface area contributed by atoms with E-state index in [9.17, 15) is 0 Å². The number of nitrogen functional groups attached to an aromatic ring is 1. The molecule has 16 heavy (non-hydrogen) atoms. The molecular weight excluding hydrogens is 226 g/mol. The van der Waals surface area contributed by atoms with Crippen LogP contribution >= 0.6 is 11.5 Å². The van der Waals surface area contributed by atoms with E-state index in [2.05, 4.69) is 16.2 Å². The molecule has 1 aromatic heterocycles. The van der Waals surface area contributed by atoms with Gasteiger partial charge in [0.2, 0.25) is 0 Å². The molecule has 3 N–H and O–H groups in total. The molecular formula is C10H19N3O2S. The van der Waals surface area contributed by atoms with Crippen molar-refractivity contribution in [3.05, 3.63) is 0 Å². The number of aliphatic hydroxyl groups excluding tert-OH is 1. The maximum absolute atomic E-state index is 9.04. The molecule has 0 saturated heterocycles. The number of nitrogens with two attached hydrogens (primary N) is 1. The van der Waals surface area contributed by atoms with Gasteiger partial charge < -0.3 is 20.5 Å². The van der Waals surface area contributed by atoms with E-state index in [4.69, 9.17) is 15.6 Å². The standard InChI is InChI=1S/C10H19N3O2S/c1-3-4-5-13(6-7-14)10-8(15-2)9(11)12-16-10/h14H,3-7H2,1-2H3,(H2,11,12). The van der Waals surface area contributed by atoms with Crippen LogP contribution in [0.4, 0.5) is 10.8 Å². The number of ether oxygens (including phenoxy) is 1. The molecule has 5 nitrogen and oxygen atoms in total. The summed E-state index contributed by atoms with van der Waals surface area (Å²) in [5.74, 6) is 1.04. The average Bonchev–Trinajstić information content (AvgIpc) is 2.65. The first kappa shape index (κ1) is 13.1. The number of aromatic nitrogens is 1. The third-order valence-electron chi connectivity index (χ3n) is 2.30. The summed E-state index contributed by atoms with van der Waals surface area (Å²) in [7, 11) is 1.58. The molecule has 0 aliphatic heterocycles. The zero-order valence-corrected chi connectivity index (χ0v) is 10.6. The van der Waals surface area contributed by atoms with E-state index in [-0.39, 0.29) is 6.61 Å². The topological polar surface area (TPSA) is 71.6 Å². The summed E-state index contributed by atoms with van der Waals surface area (Å²) in [6, 6.07) is 0. The van der Waals surface area contributed by atoms with Crippen molar-refractivity contribution < 1.29 is 9.84 Å². The van der Waals surface area contributed by atoms with Crippen molar-refractivity contribution in [1.29, 1.82) is 0 Å². The van der Waals surface area contributed by atoms with Crippen molar-refractivity contribution in [2.24, 2.45) is 0 Å². The molecule has 92 valence electrons. The molecule has 0 amide bonds. The number of nitrogens with zero attached hydrogens (tertiary/aromatic N) is 2. The van der Waals surface area contributed by atoms with E-state index in [1.807, 2.05) is 0 Å². The number of anilines is 2. The van der Waals surface area contributed by atoms with E-state index in [1.165, 1.54) is 11.5 Å². The van der Waals surface area contributed by atoms with E-state index >= 15 is 0 Å². The zero-order valence-electron chi connectivity index (χ0n) is 9.77. The van der Waals surface area contributed by atoms with Crippen LogP contribution in [0, 0.1) is 0 Å². The highest BCUT2D eigenvalue weighted by Gasteiger charge is 2.17. The van der Waals surface area contributed by atoms with E-state index in [1.54, 1.807) is 7.11 Å². The van der Waals surface area contributed by atoms with Crippen LogP contribution < -0.4 is 15.4 Å². The molecule has 0 saturated carbocycles. The van der Waals surface area contributed by atoms with Crippen LogP contribution in [-0.4, -0.2) is 36.3 Å². The first-order valence-corrected chi connectivity index (χ1v) is 6.16. The van der Waals surface area contributed by atoms with Crippen molar-refractivity contribution in [2.45, 2.75) is 19.8 Å². The summed E-state index contributed by atoms with van der Waals surface area (Å²) in [4.78, 5) is 2.07. The van der Waals surface area contributed by atoms with Gasteiger partial charge in [0.25, 0.3) is 0 Å². The highest BCUT2D eigenvalue weighted by Crippen LogP contribution is 2.37. The van der Waals surface area contributed by atoms with Crippen LogP contribution in [0.1, 0.15) is 19.8 Å². The van der Waals surface area contributed by atoms with Crippen LogP contribution in [0.3, 0.4) is 0 Å². The minimum atomic E-state index is 0.116. The molecule has 0 aliphatic rings.